The molecule has 5 nitrogen and oxygen atoms in total. The second-order valence-electron chi connectivity index (χ2n) is 3.40. The molecule has 8 heteroatoms. The lowest BCUT2D eigenvalue weighted by molar-refractivity contribution is 0.230. The van der Waals surface area contributed by atoms with Crippen LogP contribution in [0.5, 0.6) is 0 Å². The van der Waals surface area contributed by atoms with Gasteiger partial charge in [-0.05, 0) is 18.2 Å². The van der Waals surface area contributed by atoms with Gasteiger partial charge in [-0.2, -0.15) is 0 Å². The lowest BCUT2D eigenvalue weighted by atomic mass is 10.3. The van der Waals surface area contributed by atoms with E-state index in [9.17, 15) is 13.2 Å². The molecule has 0 aliphatic carbocycles. The lowest BCUT2D eigenvalue weighted by Gasteiger charge is -2.13. The third-order valence-electron chi connectivity index (χ3n) is 1.87. The van der Waals surface area contributed by atoms with Gasteiger partial charge in [0.15, 0.2) is 0 Å². The first-order chi connectivity index (χ1) is 7.71. The predicted molar refractivity (Wildman–Crippen MR) is 67.2 cm³/mol. The number of nitrogens with zero attached hydrogens (tertiary/aromatic N) is 1. The van der Waals surface area contributed by atoms with Gasteiger partial charge in [-0.25, -0.2) is 13.2 Å². The molecule has 0 aromatic heterocycles. The molecule has 0 bridgehead atoms. The SMILES string of the molecule is CN(C)C(=O)Nc1ccc(S(=O)(=O)Cl)cc1Cl. The van der Waals surface area contributed by atoms with E-state index in [-0.39, 0.29) is 15.9 Å². The quantitative estimate of drug-likeness (QED) is 0.852. The van der Waals surface area contributed by atoms with E-state index in [1.807, 2.05) is 0 Å². The smallest absolute Gasteiger partial charge is 0.321 e. The molecular formula is C9H10Cl2N2O3S. The zero-order valence-corrected chi connectivity index (χ0v) is 11.4. The summed E-state index contributed by atoms with van der Waals surface area (Å²) in [6.07, 6.45) is 0. The summed E-state index contributed by atoms with van der Waals surface area (Å²) in [6, 6.07) is 3.45. The zero-order valence-electron chi connectivity index (χ0n) is 9.07. The molecular weight excluding hydrogens is 287 g/mol. The lowest BCUT2D eigenvalue weighted by Crippen LogP contribution is -2.27. The monoisotopic (exact) mass is 296 g/mol. The Labute approximate surface area is 109 Å². The molecule has 1 aromatic rings. The number of urea groups is 1. The number of anilines is 1. The largest absolute Gasteiger partial charge is 0.331 e. The van der Waals surface area contributed by atoms with Gasteiger partial charge in [0.2, 0.25) is 0 Å². The van der Waals surface area contributed by atoms with E-state index in [2.05, 4.69) is 5.32 Å². The van der Waals surface area contributed by atoms with Crippen molar-refractivity contribution in [2.24, 2.45) is 0 Å². The van der Waals surface area contributed by atoms with E-state index >= 15 is 0 Å². The number of benzene rings is 1. The van der Waals surface area contributed by atoms with Gasteiger partial charge in [0.25, 0.3) is 9.05 Å². The summed E-state index contributed by atoms with van der Waals surface area (Å²) < 4.78 is 22.1. The van der Waals surface area contributed by atoms with Crippen LogP contribution in [0, 0.1) is 0 Å². The molecule has 0 atom stereocenters. The summed E-state index contributed by atoms with van der Waals surface area (Å²) in [7, 11) is 4.48. The van der Waals surface area contributed by atoms with Crippen molar-refractivity contribution in [2.75, 3.05) is 19.4 Å². The van der Waals surface area contributed by atoms with E-state index in [1.165, 1.54) is 23.1 Å². The molecule has 0 aliphatic heterocycles. The van der Waals surface area contributed by atoms with E-state index < -0.39 is 9.05 Å². The van der Waals surface area contributed by atoms with Gasteiger partial charge < -0.3 is 10.2 Å². The molecule has 2 amide bonds. The number of hydrogen-bond donors (Lipinski definition) is 1. The fourth-order valence-electron chi connectivity index (χ4n) is 0.976. The van der Waals surface area contributed by atoms with Crippen molar-refractivity contribution in [3.8, 4) is 0 Å². The number of carbonyl (C=O) groups excluding carboxylic acids is 1. The predicted octanol–water partition coefficient (Wildman–Crippen LogP) is 2.36. The second kappa shape index (κ2) is 5.12. The number of halogens is 2. The van der Waals surface area contributed by atoms with Gasteiger partial charge in [0.1, 0.15) is 0 Å². The fourth-order valence-corrected chi connectivity index (χ4v) is 2.05. The number of amides is 2. The molecule has 0 heterocycles. The average Bonchev–Trinajstić information content (AvgIpc) is 2.19. The maximum atomic E-state index is 11.4. The summed E-state index contributed by atoms with van der Waals surface area (Å²) in [6.45, 7) is 0. The van der Waals surface area contributed by atoms with Gasteiger partial charge >= 0.3 is 6.03 Å². The number of rotatable bonds is 2. The Morgan fingerprint density at radius 1 is 1.35 bits per heavy atom. The Hall–Kier alpha value is -0.980. The molecule has 0 aliphatic rings. The number of hydrogen-bond acceptors (Lipinski definition) is 3. The van der Waals surface area contributed by atoms with E-state index in [0.717, 1.165) is 0 Å². The Morgan fingerprint density at radius 3 is 2.35 bits per heavy atom. The number of carbonyl (C=O) groups is 1. The van der Waals surface area contributed by atoms with Crippen molar-refractivity contribution in [3.63, 3.8) is 0 Å². The first-order valence-corrected chi connectivity index (χ1v) is 7.13. The third-order valence-corrected chi connectivity index (χ3v) is 3.53. The van der Waals surface area contributed by atoms with Crippen molar-refractivity contribution in [3.05, 3.63) is 23.2 Å². The van der Waals surface area contributed by atoms with Crippen molar-refractivity contribution in [1.29, 1.82) is 0 Å². The molecule has 0 fully saturated rings. The summed E-state index contributed by atoms with van der Waals surface area (Å²) in [5, 5.41) is 2.60. The van der Waals surface area contributed by atoms with Crippen molar-refractivity contribution in [2.45, 2.75) is 4.90 Å². The van der Waals surface area contributed by atoms with Crippen LogP contribution in [0.4, 0.5) is 10.5 Å². The maximum Gasteiger partial charge on any atom is 0.321 e. The molecule has 17 heavy (non-hydrogen) atoms. The van der Waals surface area contributed by atoms with Crippen LogP contribution in [-0.2, 0) is 9.05 Å². The topological polar surface area (TPSA) is 66.5 Å². The molecule has 1 aromatic carbocycles. The normalized spacial score (nSPS) is 11.1. The second-order valence-corrected chi connectivity index (χ2v) is 6.38. The molecule has 0 unspecified atom stereocenters. The van der Waals surface area contributed by atoms with Gasteiger partial charge in [0, 0.05) is 24.8 Å². The van der Waals surface area contributed by atoms with Gasteiger partial charge in [-0.1, -0.05) is 11.6 Å². The fraction of sp³-hybridized carbons (Fsp3) is 0.222. The van der Waals surface area contributed by atoms with E-state index in [4.69, 9.17) is 22.3 Å². The van der Waals surface area contributed by atoms with Gasteiger partial charge in [-0.15, -0.1) is 0 Å². The number of nitrogens with one attached hydrogen (secondary N) is 1. The van der Waals surface area contributed by atoms with Crippen molar-refractivity contribution >= 4 is 43.1 Å². The molecule has 94 valence electrons. The Bertz CT molecular complexity index is 543. The highest BCUT2D eigenvalue weighted by Crippen LogP contribution is 2.26. The van der Waals surface area contributed by atoms with Crippen LogP contribution < -0.4 is 5.32 Å². The highest BCUT2D eigenvalue weighted by molar-refractivity contribution is 8.13. The van der Waals surface area contributed by atoms with Crippen LogP contribution in [0.15, 0.2) is 23.1 Å². The van der Waals surface area contributed by atoms with Gasteiger partial charge in [0.05, 0.1) is 15.6 Å². The summed E-state index contributed by atoms with van der Waals surface area (Å²) >= 11 is 5.83. The Kier molecular flexibility index (Phi) is 4.24. The summed E-state index contributed by atoms with van der Waals surface area (Å²) in [5.74, 6) is 0. The highest BCUT2D eigenvalue weighted by atomic mass is 35.7. The van der Waals surface area contributed by atoms with Crippen LogP contribution in [0.1, 0.15) is 0 Å². The maximum absolute atomic E-state index is 11.4. The molecule has 0 radical (unpaired) electrons. The molecule has 1 rings (SSSR count). The Balaban J connectivity index is 3.03. The highest BCUT2D eigenvalue weighted by Gasteiger charge is 2.13. The minimum Gasteiger partial charge on any atom is -0.331 e. The first kappa shape index (κ1) is 14.1. The molecule has 0 spiro atoms. The van der Waals surface area contributed by atoms with Crippen LogP contribution in [-0.4, -0.2) is 33.4 Å². The zero-order chi connectivity index (χ0) is 13.2. The summed E-state index contributed by atoms with van der Waals surface area (Å²) in [5.41, 5.74) is 0.314. The van der Waals surface area contributed by atoms with Crippen LogP contribution in [0.25, 0.3) is 0 Å². The van der Waals surface area contributed by atoms with Crippen molar-refractivity contribution in [1.82, 2.24) is 4.90 Å². The van der Waals surface area contributed by atoms with Gasteiger partial charge in [-0.3, -0.25) is 0 Å². The molecule has 0 saturated heterocycles. The molecule has 1 N–H and O–H groups in total. The standard InChI is InChI=1S/C9H10Cl2N2O3S/c1-13(2)9(14)12-8-4-3-6(5-7(8)10)17(11,15)16/h3-5H,1-2H3,(H,12,14). The van der Waals surface area contributed by atoms with Crippen LogP contribution >= 0.6 is 22.3 Å². The summed E-state index contributed by atoms with van der Waals surface area (Å²) in [4.78, 5) is 12.6. The molecule has 0 saturated carbocycles. The van der Waals surface area contributed by atoms with Crippen LogP contribution in [0.3, 0.4) is 0 Å². The van der Waals surface area contributed by atoms with Crippen molar-refractivity contribution < 1.29 is 13.2 Å². The Morgan fingerprint density at radius 2 is 1.94 bits per heavy atom. The minimum atomic E-state index is -3.82. The van der Waals surface area contributed by atoms with E-state index in [0.29, 0.717) is 5.69 Å². The van der Waals surface area contributed by atoms with E-state index in [1.54, 1.807) is 14.1 Å². The first-order valence-electron chi connectivity index (χ1n) is 4.44. The average molecular weight is 297 g/mol. The third kappa shape index (κ3) is 3.76. The van der Waals surface area contributed by atoms with Crippen LogP contribution in [0.2, 0.25) is 5.02 Å². The minimum absolute atomic E-state index is 0.0990.